The van der Waals surface area contributed by atoms with Crippen molar-refractivity contribution in [1.82, 2.24) is 0 Å². The topological polar surface area (TPSA) is 29.3 Å². The maximum atomic E-state index is 5.99. The van der Waals surface area contributed by atoms with Gasteiger partial charge in [-0.3, -0.25) is 0 Å². The molecule has 0 radical (unpaired) electrons. The number of fused-ring (bicyclic) bond motifs is 1. The van der Waals surface area contributed by atoms with Gasteiger partial charge in [0.2, 0.25) is 0 Å². The van der Waals surface area contributed by atoms with Crippen LogP contribution in [0.5, 0.6) is 0 Å². The summed E-state index contributed by atoms with van der Waals surface area (Å²) in [6, 6.07) is 15.7. The number of benzene rings is 2. The third-order valence-corrected chi connectivity index (χ3v) is 4.60. The number of hydrogen-bond acceptors (Lipinski definition) is 2. The summed E-state index contributed by atoms with van der Waals surface area (Å²) in [7, 11) is 2.21. The summed E-state index contributed by atoms with van der Waals surface area (Å²) in [5, 5.41) is 2.64. The van der Waals surface area contributed by atoms with Crippen LogP contribution < -0.4 is 10.6 Å². The molecule has 0 unspecified atom stereocenters. The summed E-state index contributed by atoms with van der Waals surface area (Å²) >= 11 is 0. The van der Waals surface area contributed by atoms with Crippen LogP contribution >= 0.6 is 0 Å². The second-order valence-electron chi connectivity index (χ2n) is 6.19. The lowest BCUT2D eigenvalue weighted by Crippen LogP contribution is -2.32. The lowest BCUT2D eigenvalue weighted by Gasteiger charge is -2.30. The van der Waals surface area contributed by atoms with Gasteiger partial charge in [0, 0.05) is 25.3 Å². The van der Waals surface area contributed by atoms with E-state index >= 15 is 0 Å². The molecule has 2 nitrogen and oxygen atoms in total. The molecule has 20 heavy (non-hydrogen) atoms. The molecule has 2 N–H and O–H groups in total. The van der Waals surface area contributed by atoms with E-state index in [1.54, 1.807) is 0 Å². The van der Waals surface area contributed by atoms with Gasteiger partial charge >= 0.3 is 0 Å². The molecule has 2 heteroatoms. The molecular formula is C18H24N2. The number of rotatable bonds is 3. The highest BCUT2D eigenvalue weighted by Gasteiger charge is 2.19. The highest BCUT2D eigenvalue weighted by molar-refractivity contribution is 5.85. The first-order chi connectivity index (χ1) is 9.72. The maximum absolute atomic E-state index is 5.99. The predicted molar refractivity (Wildman–Crippen MR) is 87.2 cm³/mol. The lowest BCUT2D eigenvalue weighted by molar-refractivity contribution is 0.330. The van der Waals surface area contributed by atoms with Gasteiger partial charge in [-0.05, 0) is 54.5 Å². The number of nitrogens with zero attached hydrogens (tertiary/aromatic N) is 1. The van der Waals surface area contributed by atoms with E-state index in [0.717, 1.165) is 12.5 Å². The van der Waals surface area contributed by atoms with Crippen LogP contribution in [0.1, 0.15) is 25.7 Å². The largest absolute Gasteiger partial charge is 0.374 e. The van der Waals surface area contributed by atoms with Crippen LogP contribution in [-0.2, 0) is 0 Å². The summed E-state index contributed by atoms with van der Waals surface area (Å²) in [4.78, 5) is 2.40. The van der Waals surface area contributed by atoms with Crippen LogP contribution in [0, 0.1) is 5.92 Å². The quantitative estimate of drug-likeness (QED) is 0.917. The van der Waals surface area contributed by atoms with Gasteiger partial charge in [0.25, 0.3) is 0 Å². The van der Waals surface area contributed by atoms with Crippen LogP contribution in [0.25, 0.3) is 10.8 Å². The summed E-state index contributed by atoms with van der Waals surface area (Å²) < 4.78 is 0. The van der Waals surface area contributed by atoms with Crippen LogP contribution in [0.2, 0.25) is 0 Å². The van der Waals surface area contributed by atoms with Crippen molar-refractivity contribution < 1.29 is 0 Å². The Hall–Kier alpha value is -1.54. The van der Waals surface area contributed by atoms with Crippen molar-refractivity contribution in [2.45, 2.75) is 31.7 Å². The summed E-state index contributed by atoms with van der Waals surface area (Å²) in [5.74, 6) is 0.797. The number of anilines is 1. The van der Waals surface area contributed by atoms with E-state index in [9.17, 15) is 0 Å². The molecule has 0 bridgehead atoms. The first-order valence-electron chi connectivity index (χ1n) is 7.68. The van der Waals surface area contributed by atoms with Gasteiger partial charge in [-0.25, -0.2) is 0 Å². The lowest BCUT2D eigenvalue weighted by atomic mass is 9.86. The molecule has 0 spiro atoms. The van der Waals surface area contributed by atoms with E-state index < -0.39 is 0 Å². The molecule has 0 saturated heterocycles. The molecule has 106 valence electrons. The minimum atomic E-state index is 0.442. The zero-order valence-electron chi connectivity index (χ0n) is 12.3. The zero-order valence-corrected chi connectivity index (χ0v) is 12.3. The Balaban J connectivity index is 1.70. The number of hydrogen-bond donors (Lipinski definition) is 1. The SMILES string of the molecule is CN(CC1CCC(N)CC1)c1ccc2ccccc2c1. The van der Waals surface area contributed by atoms with E-state index in [1.165, 1.54) is 42.1 Å². The molecule has 1 fully saturated rings. The van der Waals surface area contributed by atoms with Gasteiger partial charge in [-0.2, -0.15) is 0 Å². The van der Waals surface area contributed by atoms with E-state index in [1.807, 2.05) is 0 Å². The third kappa shape index (κ3) is 2.96. The second-order valence-corrected chi connectivity index (χ2v) is 6.19. The molecule has 0 amide bonds. The van der Waals surface area contributed by atoms with Crippen molar-refractivity contribution in [3.05, 3.63) is 42.5 Å². The molecule has 0 heterocycles. The van der Waals surface area contributed by atoms with Gasteiger partial charge in [0.15, 0.2) is 0 Å². The van der Waals surface area contributed by atoms with E-state index in [4.69, 9.17) is 5.73 Å². The van der Waals surface area contributed by atoms with Gasteiger partial charge in [-0.15, -0.1) is 0 Å². The smallest absolute Gasteiger partial charge is 0.0370 e. The molecular weight excluding hydrogens is 244 g/mol. The Kier molecular flexibility index (Phi) is 3.93. The first kappa shape index (κ1) is 13.4. The standard InChI is InChI=1S/C18H24N2/c1-20(13-14-6-9-17(19)10-7-14)18-11-8-15-4-2-3-5-16(15)12-18/h2-5,8,11-12,14,17H,6-7,9-10,13,19H2,1H3. The van der Waals surface area contributed by atoms with Crippen molar-refractivity contribution >= 4 is 16.5 Å². The van der Waals surface area contributed by atoms with Gasteiger partial charge in [0.05, 0.1) is 0 Å². The van der Waals surface area contributed by atoms with Crippen molar-refractivity contribution in [2.24, 2.45) is 11.7 Å². The molecule has 1 aliphatic carbocycles. The Bertz CT molecular complexity index is 570. The molecule has 2 aromatic rings. The van der Waals surface area contributed by atoms with Gasteiger partial charge < -0.3 is 10.6 Å². The highest BCUT2D eigenvalue weighted by atomic mass is 15.1. The second kappa shape index (κ2) is 5.84. The average molecular weight is 268 g/mol. The van der Waals surface area contributed by atoms with E-state index in [2.05, 4.69) is 54.4 Å². The zero-order chi connectivity index (χ0) is 13.9. The molecule has 0 aromatic heterocycles. The molecule has 0 atom stereocenters. The third-order valence-electron chi connectivity index (χ3n) is 4.60. The summed E-state index contributed by atoms with van der Waals surface area (Å²) in [6.07, 6.45) is 4.94. The van der Waals surface area contributed by atoms with Crippen molar-refractivity contribution in [1.29, 1.82) is 0 Å². The fourth-order valence-corrected chi connectivity index (χ4v) is 3.28. The average Bonchev–Trinajstić information content (AvgIpc) is 2.49. The van der Waals surface area contributed by atoms with Crippen LogP contribution in [0.15, 0.2) is 42.5 Å². The van der Waals surface area contributed by atoms with Crippen LogP contribution in [0.3, 0.4) is 0 Å². The highest BCUT2D eigenvalue weighted by Crippen LogP contribution is 2.27. The summed E-state index contributed by atoms with van der Waals surface area (Å²) in [5.41, 5.74) is 7.31. The summed E-state index contributed by atoms with van der Waals surface area (Å²) in [6.45, 7) is 1.14. The molecule has 3 rings (SSSR count). The van der Waals surface area contributed by atoms with Crippen LogP contribution in [0.4, 0.5) is 5.69 Å². The predicted octanol–water partition coefficient (Wildman–Crippen LogP) is 3.79. The molecule has 0 aliphatic heterocycles. The van der Waals surface area contributed by atoms with Gasteiger partial charge in [0.1, 0.15) is 0 Å². The van der Waals surface area contributed by atoms with E-state index in [0.29, 0.717) is 6.04 Å². The Morgan fingerprint density at radius 2 is 1.70 bits per heavy atom. The van der Waals surface area contributed by atoms with Crippen molar-refractivity contribution in [2.75, 3.05) is 18.5 Å². The maximum Gasteiger partial charge on any atom is 0.0370 e. The monoisotopic (exact) mass is 268 g/mol. The Morgan fingerprint density at radius 1 is 1.00 bits per heavy atom. The van der Waals surface area contributed by atoms with Gasteiger partial charge in [-0.1, -0.05) is 30.3 Å². The van der Waals surface area contributed by atoms with E-state index in [-0.39, 0.29) is 0 Å². The Labute approximate surface area is 121 Å². The van der Waals surface area contributed by atoms with Crippen molar-refractivity contribution in [3.63, 3.8) is 0 Å². The molecule has 1 aliphatic rings. The fraction of sp³-hybridized carbons (Fsp3) is 0.444. The minimum absolute atomic E-state index is 0.442. The van der Waals surface area contributed by atoms with Crippen LogP contribution in [-0.4, -0.2) is 19.6 Å². The Morgan fingerprint density at radius 3 is 2.45 bits per heavy atom. The normalized spacial score (nSPS) is 22.9. The fourth-order valence-electron chi connectivity index (χ4n) is 3.28. The number of nitrogens with two attached hydrogens (primary N) is 1. The minimum Gasteiger partial charge on any atom is -0.374 e. The van der Waals surface area contributed by atoms with Crippen molar-refractivity contribution in [3.8, 4) is 0 Å². The molecule has 1 saturated carbocycles. The molecule has 2 aromatic carbocycles. The first-order valence-corrected chi connectivity index (χ1v) is 7.68.